The summed E-state index contributed by atoms with van der Waals surface area (Å²) in [5, 5.41) is 2.62. The van der Waals surface area contributed by atoms with Crippen molar-refractivity contribution < 1.29 is 18.7 Å². The van der Waals surface area contributed by atoms with Crippen molar-refractivity contribution in [2.75, 3.05) is 7.11 Å². The van der Waals surface area contributed by atoms with E-state index < -0.39 is 11.9 Å². The number of aryl methyl sites for hydroxylation is 1. The van der Waals surface area contributed by atoms with E-state index >= 15 is 0 Å². The van der Waals surface area contributed by atoms with Crippen molar-refractivity contribution in [3.05, 3.63) is 53.5 Å². The standard InChI is InChI=1S/C15H17N3O4/c1-10-12(7-8-22-10)14(19)17-18-15(20)16-9-11-5-3-4-6-13(11)21-2/h3-8H,9H2,1-2H3,(H,17,19)(H2,16,18,20). The van der Waals surface area contributed by atoms with Gasteiger partial charge in [-0.25, -0.2) is 10.2 Å². The van der Waals surface area contributed by atoms with Gasteiger partial charge in [0.25, 0.3) is 5.91 Å². The zero-order chi connectivity index (χ0) is 15.9. The minimum absolute atomic E-state index is 0.274. The van der Waals surface area contributed by atoms with Crippen LogP contribution in [0.4, 0.5) is 4.79 Å². The topological polar surface area (TPSA) is 92.6 Å². The molecule has 2 aromatic rings. The van der Waals surface area contributed by atoms with E-state index in [4.69, 9.17) is 9.15 Å². The first-order chi connectivity index (χ1) is 10.6. The van der Waals surface area contributed by atoms with Crippen LogP contribution in [0.2, 0.25) is 0 Å². The SMILES string of the molecule is COc1ccccc1CNC(=O)NNC(=O)c1ccoc1C. The molecular formula is C15H17N3O4. The van der Waals surface area contributed by atoms with E-state index in [1.54, 1.807) is 20.1 Å². The first kappa shape index (κ1) is 15.4. The first-order valence-corrected chi connectivity index (χ1v) is 6.62. The minimum atomic E-state index is -0.527. The summed E-state index contributed by atoms with van der Waals surface area (Å²) in [6, 6.07) is 8.33. The number of rotatable bonds is 4. The van der Waals surface area contributed by atoms with E-state index in [-0.39, 0.29) is 6.54 Å². The summed E-state index contributed by atoms with van der Waals surface area (Å²) in [6.45, 7) is 1.94. The number of furan rings is 1. The third-order valence-corrected chi connectivity index (χ3v) is 3.02. The highest BCUT2D eigenvalue weighted by molar-refractivity contribution is 5.96. The zero-order valence-electron chi connectivity index (χ0n) is 12.3. The number of carbonyl (C=O) groups excluding carboxylic acids is 2. The highest BCUT2D eigenvalue weighted by atomic mass is 16.5. The number of methoxy groups -OCH3 is 1. The molecule has 1 heterocycles. The van der Waals surface area contributed by atoms with E-state index in [0.717, 1.165) is 5.56 Å². The maximum Gasteiger partial charge on any atom is 0.333 e. The van der Waals surface area contributed by atoms with Gasteiger partial charge >= 0.3 is 6.03 Å². The van der Waals surface area contributed by atoms with Crippen LogP contribution in [0.5, 0.6) is 5.75 Å². The molecule has 0 bridgehead atoms. The molecule has 7 heteroatoms. The van der Waals surface area contributed by atoms with Crippen molar-refractivity contribution in [2.24, 2.45) is 0 Å². The Balaban J connectivity index is 1.81. The summed E-state index contributed by atoms with van der Waals surface area (Å²) >= 11 is 0. The van der Waals surface area contributed by atoms with Crippen LogP contribution >= 0.6 is 0 Å². The smallest absolute Gasteiger partial charge is 0.333 e. The molecule has 2 rings (SSSR count). The lowest BCUT2D eigenvalue weighted by atomic mass is 10.2. The van der Waals surface area contributed by atoms with E-state index in [1.165, 1.54) is 12.3 Å². The molecule has 116 valence electrons. The van der Waals surface area contributed by atoms with Crippen LogP contribution in [0.1, 0.15) is 21.7 Å². The Labute approximate surface area is 127 Å². The summed E-state index contributed by atoms with van der Waals surface area (Å²) in [5.74, 6) is 0.716. The third kappa shape index (κ3) is 3.78. The lowest BCUT2D eigenvalue weighted by molar-refractivity contribution is 0.0934. The van der Waals surface area contributed by atoms with Crippen LogP contribution in [0.15, 0.2) is 41.0 Å². The van der Waals surface area contributed by atoms with Gasteiger partial charge in [0.05, 0.1) is 18.9 Å². The maximum atomic E-state index is 11.8. The fraction of sp³-hybridized carbons (Fsp3) is 0.200. The van der Waals surface area contributed by atoms with Gasteiger partial charge in [0, 0.05) is 12.1 Å². The monoisotopic (exact) mass is 303 g/mol. The number of hydrogen-bond acceptors (Lipinski definition) is 4. The van der Waals surface area contributed by atoms with Crippen molar-refractivity contribution in [1.29, 1.82) is 0 Å². The molecule has 7 nitrogen and oxygen atoms in total. The van der Waals surface area contributed by atoms with Gasteiger partial charge < -0.3 is 14.5 Å². The van der Waals surface area contributed by atoms with E-state index in [1.807, 2.05) is 18.2 Å². The summed E-state index contributed by atoms with van der Waals surface area (Å²) in [5.41, 5.74) is 5.77. The quantitative estimate of drug-likeness (QED) is 0.750. The van der Waals surface area contributed by atoms with Gasteiger partial charge in [0.2, 0.25) is 0 Å². The van der Waals surface area contributed by atoms with Gasteiger partial charge in [-0.1, -0.05) is 18.2 Å². The predicted molar refractivity (Wildman–Crippen MR) is 79.3 cm³/mol. The number of hydrogen-bond donors (Lipinski definition) is 3. The fourth-order valence-corrected chi connectivity index (χ4v) is 1.87. The molecule has 0 saturated carbocycles. The van der Waals surface area contributed by atoms with Gasteiger partial charge in [0.1, 0.15) is 11.5 Å². The molecule has 0 radical (unpaired) electrons. The summed E-state index contributed by atoms with van der Waals surface area (Å²) in [6.07, 6.45) is 1.41. The number of urea groups is 1. The van der Waals surface area contributed by atoms with Crippen molar-refractivity contribution in [3.8, 4) is 5.75 Å². The molecular weight excluding hydrogens is 286 g/mol. The molecule has 0 fully saturated rings. The Kier molecular flexibility index (Phi) is 5.02. The minimum Gasteiger partial charge on any atom is -0.496 e. The van der Waals surface area contributed by atoms with Crippen molar-refractivity contribution in [1.82, 2.24) is 16.2 Å². The second-order valence-corrected chi connectivity index (χ2v) is 4.46. The number of ether oxygens (including phenoxy) is 1. The fourth-order valence-electron chi connectivity index (χ4n) is 1.87. The van der Waals surface area contributed by atoms with Crippen LogP contribution in [-0.4, -0.2) is 19.0 Å². The number of hydrazine groups is 1. The van der Waals surface area contributed by atoms with Gasteiger partial charge in [-0.05, 0) is 19.1 Å². The number of para-hydroxylation sites is 1. The van der Waals surface area contributed by atoms with Crippen LogP contribution < -0.4 is 20.9 Å². The van der Waals surface area contributed by atoms with E-state index in [9.17, 15) is 9.59 Å². The summed E-state index contributed by atoms with van der Waals surface area (Å²) in [4.78, 5) is 23.4. The number of nitrogens with one attached hydrogen (secondary N) is 3. The molecule has 0 aliphatic heterocycles. The first-order valence-electron chi connectivity index (χ1n) is 6.62. The Morgan fingerprint density at radius 3 is 2.64 bits per heavy atom. The Morgan fingerprint density at radius 1 is 1.18 bits per heavy atom. The molecule has 22 heavy (non-hydrogen) atoms. The Morgan fingerprint density at radius 2 is 1.95 bits per heavy atom. The molecule has 3 N–H and O–H groups in total. The molecule has 0 aliphatic rings. The summed E-state index contributed by atoms with van der Waals surface area (Å²) < 4.78 is 10.2. The molecule has 0 aliphatic carbocycles. The molecule has 0 saturated heterocycles. The van der Waals surface area contributed by atoms with Crippen molar-refractivity contribution in [3.63, 3.8) is 0 Å². The number of carbonyl (C=O) groups is 2. The van der Waals surface area contributed by atoms with Crippen LogP contribution in [0.3, 0.4) is 0 Å². The number of amides is 3. The molecule has 0 atom stereocenters. The average Bonchev–Trinajstić information content (AvgIpc) is 2.97. The normalized spacial score (nSPS) is 9.91. The lowest BCUT2D eigenvalue weighted by Gasteiger charge is -2.11. The van der Waals surface area contributed by atoms with Gasteiger partial charge in [0.15, 0.2) is 0 Å². The second-order valence-electron chi connectivity index (χ2n) is 4.46. The highest BCUT2D eigenvalue weighted by Gasteiger charge is 2.12. The van der Waals surface area contributed by atoms with E-state index in [0.29, 0.717) is 17.1 Å². The zero-order valence-corrected chi connectivity index (χ0v) is 12.3. The molecule has 0 spiro atoms. The van der Waals surface area contributed by atoms with Crippen molar-refractivity contribution >= 4 is 11.9 Å². The van der Waals surface area contributed by atoms with Crippen molar-refractivity contribution in [2.45, 2.75) is 13.5 Å². The van der Waals surface area contributed by atoms with Gasteiger partial charge in [-0.2, -0.15) is 0 Å². The van der Waals surface area contributed by atoms with Crippen LogP contribution in [-0.2, 0) is 6.54 Å². The average molecular weight is 303 g/mol. The highest BCUT2D eigenvalue weighted by Crippen LogP contribution is 2.16. The lowest BCUT2D eigenvalue weighted by Crippen LogP contribution is -2.46. The molecule has 1 aromatic carbocycles. The Hall–Kier alpha value is -2.96. The largest absolute Gasteiger partial charge is 0.496 e. The summed E-state index contributed by atoms with van der Waals surface area (Å²) in [7, 11) is 1.56. The molecule has 3 amide bonds. The molecule has 0 unspecified atom stereocenters. The predicted octanol–water partition coefficient (Wildman–Crippen LogP) is 1.74. The second kappa shape index (κ2) is 7.16. The van der Waals surface area contributed by atoms with Gasteiger partial charge in [-0.15, -0.1) is 0 Å². The van der Waals surface area contributed by atoms with Crippen LogP contribution in [0, 0.1) is 6.92 Å². The molecule has 1 aromatic heterocycles. The maximum absolute atomic E-state index is 11.8. The third-order valence-electron chi connectivity index (χ3n) is 3.02. The van der Waals surface area contributed by atoms with Crippen LogP contribution in [0.25, 0.3) is 0 Å². The van der Waals surface area contributed by atoms with E-state index in [2.05, 4.69) is 16.2 Å². The number of benzene rings is 1. The van der Waals surface area contributed by atoms with Gasteiger partial charge in [-0.3, -0.25) is 10.2 Å². The Bertz CT molecular complexity index is 666.